The summed E-state index contributed by atoms with van der Waals surface area (Å²) in [7, 11) is 6.74. The summed E-state index contributed by atoms with van der Waals surface area (Å²) < 4.78 is 16.0. The minimum atomic E-state index is -0.129. The van der Waals surface area contributed by atoms with Crippen LogP contribution in [0.5, 0.6) is 11.5 Å². The highest BCUT2D eigenvalue weighted by Crippen LogP contribution is 2.32. The summed E-state index contributed by atoms with van der Waals surface area (Å²) in [6.07, 6.45) is 1.84. The number of amides is 1. The second-order valence-corrected chi connectivity index (χ2v) is 6.44. The topological polar surface area (TPSA) is 80.9 Å². The molecule has 1 atom stereocenters. The van der Waals surface area contributed by atoms with Crippen molar-refractivity contribution in [3.63, 3.8) is 0 Å². The molecule has 1 aromatic heterocycles. The number of hydrogen-bond donors (Lipinski definition) is 0. The molecule has 0 spiro atoms. The van der Waals surface area contributed by atoms with Gasteiger partial charge in [-0.1, -0.05) is 5.16 Å². The maximum atomic E-state index is 12.3. The van der Waals surface area contributed by atoms with Crippen LogP contribution in [0.2, 0.25) is 0 Å². The Balaban J connectivity index is 1.77. The Morgan fingerprint density at radius 1 is 1.35 bits per heavy atom. The van der Waals surface area contributed by atoms with Crippen molar-refractivity contribution in [2.24, 2.45) is 0 Å². The maximum absolute atomic E-state index is 12.3. The first-order valence-corrected chi connectivity index (χ1v) is 8.53. The van der Waals surface area contributed by atoms with Crippen LogP contribution in [0, 0.1) is 0 Å². The lowest BCUT2D eigenvalue weighted by molar-refractivity contribution is -0.133. The summed E-state index contributed by atoms with van der Waals surface area (Å²) in [4.78, 5) is 20.5. The molecule has 2 heterocycles. The molecule has 1 aliphatic heterocycles. The number of carbonyl (C=O) groups is 1. The van der Waals surface area contributed by atoms with Gasteiger partial charge in [0.1, 0.15) is 11.5 Å². The van der Waals surface area contributed by atoms with E-state index in [1.54, 1.807) is 39.3 Å². The third-order valence-corrected chi connectivity index (χ3v) is 4.55. The van der Waals surface area contributed by atoms with Crippen LogP contribution in [0.25, 0.3) is 11.4 Å². The number of nitrogens with zero attached hydrogens (tertiary/aromatic N) is 4. The molecule has 0 bridgehead atoms. The van der Waals surface area contributed by atoms with Gasteiger partial charge in [0.05, 0.1) is 32.4 Å². The third kappa shape index (κ3) is 3.65. The lowest BCUT2D eigenvalue weighted by Gasteiger charge is -2.24. The fourth-order valence-electron chi connectivity index (χ4n) is 3.18. The van der Waals surface area contributed by atoms with Crippen LogP contribution in [0.1, 0.15) is 18.7 Å². The number of likely N-dealkylation sites (N-methyl/N-ethyl adjacent to an activating group) is 1. The zero-order valence-electron chi connectivity index (χ0n) is 15.6. The monoisotopic (exact) mass is 360 g/mol. The lowest BCUT2D eigenvalue weighted by Crippen LogP contribution is -2.42. The van der Waals surface area contributed by atoms with Gasteiger partial charge in [0.2, 0.25) is 17.6 Å². The normalized spacial score (nSPS) is 17.3. The van der Waals surface area contributed by atoms with Crippen molar-refractivity contribution < 1.29 is 18.8 Å². The lowest BCUT2D eigenvalue weighted by atomic mass is 10.2. The molecular formula is C18H24N4O4. The second-order valence-electron chi connectivity index (χ2n) is 6.44. The highest BCUT2D eigenvalue weighted by atomic mass is 16.5. The molecule has 1 unspecified atom stereocenters. The minimum Gasteiger partial charge on any atom is -0.497 e. The maximum Gasteiger partial charge on any atom is 0.241 e. The molecule has 1 aliphatic rings. The van der Waals surface area contributed by atoms with Crippen LogP contribution in [0.3, 0.4) is 0 Å². The van der Waals surface area contributed by atoms with Gasteiger partial charge in [-0.2, -0.15) is 4.98 Å². The number of carbonyl (C=O) groups excluding carboxylic acids is 1. The molecule has 3 rings (SSSR count). The summed E-state index contributed by atoms with van der Waals surface area (Å²) >= 11 is 0. The van der Waals surface area contributed by atoms with Gasteiger partial charge in [-0.3, -0.25) is 9.69 Å². The van der Waals surface area contributed by atoms with Crippen LogP contribution in [0.15, 0.2) is 22.7 Å². The first-order valence-electron chi connectivity index (χ1n) is 8.53. The first kappa shape index (κ1) is 18.2. The fourth-order valence-corrected chi connectivity index (χ4v) is 3.18. The van der Waals surface area contributed by atoms with Gasteiger partial charge < -0.3 is 18.9 Å². The predicted octanol–water partition coefficient (Wildman–Crippen LogP) is 1.81. The summed E-state index contributed by atoms with van der Waals surface area (Å²) in [5.41, 5.74) is 0.727. The molecule has 8 nitrogen and oxygen atoms in total. The SMILES string of the molecule is COc1ccc(-c2noc(CN3CCCC3C(=O)N(C)C)n2)c(OC)c1. The van der Waals surface area contributed by atoms with Crippen LogP contribution in [0.4, 0.5) is 0 Å². The zero-order chi connectivity index (χ0) is 18.7. The van der Waals surface area contributed by atoms with Gasteiger partial charge in [0, 0.05) is 20.2 Å². The van der Waals surface area contributed by atoms with Gasteiger partial charge in [0.15, 0.2) is 0 Å². The van der Waals surface area contributed by atoms with Crippen molar-refractivity contribution in [3.05, 3.63) is 24.1 Å². The van der Waals surface area contributed by atoms with E-state index in [-0.39, 0.29) is 11.9 Å². The van der Waals surface area contributed by atoms with E-state index >= 15 is 0 Å². The predicted molar refractivity (Wildman–Crippen MR) is 95.0 cm³/mol. The molecule has 1 fully saturated rings. The average Bonchev–Trinajstić information content (AvgIpc) is 3.30. The Labute approximate surface area is 152 Å². The van der Waals surface area contributed by atoms with E-state index in [0.717, 1.165) is 24.9 Å². The van der Waals surface area contributed by atoms with Gasteiger partial charge in [-0.05, 0) is 31.5 Å². The average molecular weight is 360 g/mol. The van der Waals surface area contributed by atoms with Crippen LogP contribution in [-0.2, 0) is 11.3 Å². The first-order chi connectivity index (χ1) is 12.5. The molecule has 0 radical (unpaired) electrons. The van der Waals surface area contributed by atoms with Crippen molar-refractivity contribution in [1.82, 2.24) is 19.9 Å². The van der Waals surface area contributed by atoms with Gasteiger partial charge >= 0.3 is 0 Å². The molecule has 0 aliphatic carbocycles. The van der Waals surface area contributed by atoms with E-state index in [9.17, 15) is 4.79 Å². The summed E-state index contributed by atoms with van der Waals surface area (Å²) in [6, 6.07) is 5.30. The Hall–Kier alpha value is -2.61. The van der Waals surface area contributed by atoms with Crippen molar-refractivity contribution in [2.45, 2.75) is 25.4 Å². The van der Waals surface area contributed by atoms with E-state index in [1.807, 2.05) is 12.1 Å². The van der Waals surface area contributed by atoms with Crippen molar-refractivity contribution in [2.75, 3.05) is 34.9 Å². The van der Waals surface area contributed by atoms with Crippen molar-refractivity contribution >= 4 is 5.91 Å². The molecule has 0 N–H and O–H groups in total. The number of likely N-dealkylation sites (tertiary alicyclic amines) is 1. The van der Waals surface area contributed by atoms with Crippen molar-refractivity contribution in [3.8, 4) is 22.9 Å². The zero-order valence-corrected chi connectivity index (χ0v) is 15.6. The summed E-state index contributed by atoms with van der Waals surface area (Å²) in [6.45, 7) is 1.30. The molecule has 140 valence electrons. The van der Waals surface area contributed by atoms with Crippen LogP contribution >= 0.6 is 0 Å². The Kier molecular flexibility index (Phi) is 5.41. The standard InChI is InChI=1S/C18H24N4O4/c1-21(2)18(23)14-6-5-9-22(14)11-16-19-17(20-26-16)13-8-7-12(24-3)10-15(13)25-4/h7-8,10,14H,5-6,9,11H2,1-4H3. The Morgan fingerprint density at radius 3 is 2.85 bits per heavy atom. The summed E-state index contributed by atoms with van der Waals surface area (Å²) in [5, 5.41) is 4.07. The smallest absolute Gasteiger partial charge is 0.241 e. The highest BCUT2D eigenvalue weighted by Gasteiger charge is 2.32. The Morgan fingerprint density at radius 2 is 2.15 bits per heavy atom. The second kappa shape index (κ2) is 7.74. The van der Waals surface area contributed by atoms with Gasteiger partial charge in [-0.25, -0.2) is 0 Å². The number of hydrogen-bond acceptors (Lipinski definition) is 7. The van der Waals surface area contributed by atoms with E-state index < -0.39 is 0 Å². The fraction of sp³-hybridized carbons (Fsp3) is 0.500. The molecule has 1 aromatic carbocycles. The number of methoxy groups -OCH3 is 2. The number of aromatic nitrogens is 2. The van der Waals surface area contributed by atoms with Crippen LogP contribution in [-0.4, -0.2) is 66.7 Å². The van der Waals surface area contributed by atoms with E-state index in [2.05, 4.69) is 15.0 Å². The molecule has 8 heteroatoms. The largest absolute Gasteiger partial charge is 0.497 e. The van der Waals surface area contributed by atoms with Crippen molar-refractivity contribution in [1.29, 1.82) is 0 Å². The molecule has 2 aromatic rings. The third-order valence-electron chi connectivity index (χ3n) is 4.55. The quantitative estimate of drug-likeness (QED) is 0.777. The Bertz CT molecular complexity index is 774. The van der Waals surface area contributed by atoms with E-state index in [4.69, 9.17) is 14.0 Å². The van der Waals surface area contributed by atoms with E-state index in [0.29, 0.717) is 29.8 Å². The number of ether oxygens (including phenoxy) is 2. The molecule has 1 amide bonds. The van der Waals surface area contributed by atoms with Crippen LogP contribution < -0.4 is 9.47 Å². The number of benzene rings is 1. The summed E-state index contributed by atoms with van der Waals surface area (Å²) in [5.74, 6) is 2.35. The minimum absolute atomic E-state index is 0.110. The van der Waals surface area contributed by atoms with E-state index in [1.165, 1.54) is 0 Å². The van der Waals surface area contributed by atoms with Gasteiger partial charge in [-0.15, -0.1) is 0 Å². The molecule has 0 saturated carbocycles. The number of rotatable bonds is 6. The highest BCUT2D eigenvalue weighted by molar-refractivity contribution is 5.81. The molecular weight excluding hydrogens is 336 g/mol. The van der Waals surface area contributed by atoms with Gasteiger partial charge in [0.25, 0.3) is 0 Å². The molecule has 1 saturated heterocycles. The molecule has 26 heavy (non-hydrogen) atoms.